The Kier molecular flexibility index (Phi) is 5.98. The summed E-state index contributed by atoms with van der Waals surface area (Å²) in [5.41, 5.74) is 5.34. The minimum absolute atomic E-state index is 0. The van der Waals surface area contributed by atoms with Gasteiger partial charge in [-0.15, -0.1) is 23.7 Å². The van der Waals surface area contributed by atoms with Gasteiger partial charge in [0.15, 0.2) is 0 Å². The number of thiophene rings is 1. The quantitative estimate of drug-likeness (QED) is 0.879. The zero-order chi connectivity index (χ0) is 16.7. The van der Waals surface area contributed by atoms with Crippen molar-refractivity contribution in [2.24, 2.45) is 11.1 Å². The fourth-order valence-electron chi connectivity index (χ4n) is 3.56. The second-order valence-corrected chi connectivity index (χ2v) is 7.95. The number of morpholine rings is 1. The van der Waals surface area contributed by atoms with Gasteiger partial charge in [-0.2, -0.15) is 0 Å². The smallest absolute Gasteiger partial charge is 0.243 e. The average molecular weight is 375 g/mol. The molecule has 1 aliphatic carbocycles. The molecule has 2 N–H and O–H groups in total. The molecule has 3 rings (SSSR count). The van der Waals surface area contributed by atoms with E-state index in [1.54, 1.807) is 11.3 Å². The molecule has 0 radical (unpaired) electrons. The summed E-state index contributed by atoms with van der Waals surface area (Å²) >= 11 is 1.66. The Morgan fingerprint density at radius 2 is 2.29 bits per heavy atom. The Balaban J connectivity index is 0.00000208. The zero-order valence-corrected chi connectivity index (χ0v) is 16.1. The van der Waals surface area contributed by atoms with Crippen LogP contribution in [0.15, 0.2) is 17.5 Å². The minimum Gasteiger partial charge on any atom is -0.378 e. The van der Waals surface area contributed by atoms with E-state index in [9.17, 15) is 4.79 Å². The number of rotatable bonds is 4. The van der Waals surface area contributed by atoms with E-state index in [4.69, 9.17) is 15.2 Å². The molecule has 136 valence electrons. The van der Waals surface area contributed by atoms with Crippen LogP contribution >= 0.6 is 23.7 Å². The maximum absolute atomic E-state index is 13.1. The van der Waals surface area contributed by atoms with Gasteiger partial charge in [0.05, 0.1) is 19.3 Å². The van der Waals surface area contributed by atoms with Crippen LogP contribution in [0.5, 0.6) is 0 Å². The molecule has 0 bridgehead atoms. The number of hydrogen-bond acceptors (Lipinski definition) is 5. The Hall–Kier alpha value is -0.660. The molecule has 1 aliphatic heterocycles. The first-order valence-corrected chi connectivity index (χ1v) is 9.13. The first-order valence-electron chi connectivity index (χ1n) is 8.25. The molecular weight excluding hydrogens is 348 g/mol. The van der Waals surface area contributed by atoms with E-state index in [-0.39, 0.29) is 35.9 Å². The molecule has 3 atom stereocenters. The Labute approximate surface area is 153 Å². The van der Waals surface area contributed by atoms with Gasteiger partial charge in [-0.25, -0.2) is 0 Å². The third-order valence-electron chi connectivity index (χ3n) is 5.43. The number of hydrogen-bond donors (Lipinski definition) is 1. The summed E-state index contributed by atoms with van der Waals surface area (Å²) < 4.78 is 11.6. The molecule has 3 unspecified atom stereocenters. The van der Waals surface area contributed by atoms with E-state index in [1.807, 2.05) is 37.1 Å². The molecule has 2 heterocycles. The molecule has 5 nitrogen and oxygen atoms in total. The van der Waals surface area contributed by atoms with Crippen molar-refractivity contribution in [3.05, 3.63) is 22.4 Å². The van der Waals surface area contributed by atoms with Crippen molar-refractivity contribution in [1.29, 1.82) is 0 Å². The van der Waals surface area contributed by atoms with E-state index in [2.05, 4.69) is 6.07 Å². The molecule has 1 amide bonds. The Bertz CT molecular complexity index is 566. The molecule has 7 heteroatoms. The normalized spacial score (nSPS) is 31.9. The third kappa shape index (κ3) is 3.10. The van der Waals surface area contributed by atoms with Crippen LogP contribution in [0.1, 0.15) is 38.2 Å². The number of ether oxygens (including phenoxy) is 2. The van der Waals surface area contributed by atoms with Gasteiger partial charge >= 0.3 is 0 Å². The van der Waals surface area contributed by atoms with Crippen LogP contribution in [0, 0.1) is 5.41 Å². The maximum atomic E-state index is 13.1. The molecule has 1 aromatic heterocycles. The molecule has 24 heavy (non-hydrogen) atoms. The summed E-state index contributed by atoms with van der Waals surface area (Å²) in [5.74, 6) is 0.0308. The molecule has 0 aromatic carbocycles. The van der Waals surface area contributed by atoms with Gasteiger partial charge in [-0.1, -0.05) is 19.9 Å². The van der Waals surface area contributed by atoms with Crippen molar-refractivity contribution in [2.75, 3.05) is 26.3 Å². The summed E-state index contributed by atoms with van der Waals surface area (Å²) in [6.07, 6.45) is 0.603. The fourth-order valence-corrected chi connectivity index (χ4v) is 4.33. The minimum atomic E-state index is -0.843. The lowest BCUT2D eigenvalue weighted by Gasteiger charge is -2.59. The predicted molar refractivity (Wildman–Crippen MR) is 97.6 cm³/mol. The van der Waals surface area contributed by atoms with Crippen LogP contribution in [0.25, 0.3) is 0 Å². The number of nitrogens with two attached hydrogens (primary N) is 1. The summed E-state index contributed by atoms with van der Waals surface area (Å²) in [7, 11) is 0. The van der Waals surface area contributed by atoms with Crippen LogP contribution in [0.2, 0.25) is 0 Å². The SMILES string of the molecule is CCOC1CC(N)(C(=O)N2CCOC(c3cccs3)C2)C1(C)C.Cl. The first kappa shape index (κ1) is 19.7. The summed E-state index contributed by atoms with van der Waals surface area (Å²) in [6.45, 7) is 8.43. The highest BCUT2D eigenvalue weighted by Crippen LogP contribution is 2.50. The molecule has 2 aliphatic rings. The molecule has 1 saturated carbocycles. The second-order valence-electron chi connectivity index (χ2n) is 6.97. The fraction of sp³-hybridized carbons (Fsp3) is 0.706. The number of nitrogens with zero attached hydrogens (tertiary/aromatic N) is 1. The summed E-state index contributed by atoms with van der Waals surface area (Å²) in [4.78, 5) is 16.1. The Morgan fingerprint density at radius 3 is 2.88 bits per heavy atom. The lowest BCUT2D eigenvalue weighted by atomic mass is 9.54. The average Bonchev–Trinajstić information content (AvgIpc) is 3.08. The monoisotopic (exact) mass is 374 g/mol. The van der Waals surface area contributed by atoms with Gasteiger partial charge in [0.1, 0.15) is 11.6 Å². The van der Waals surface area contributed by atoms with Gasteiger partial charge in [0.2, 0.25) is 5.91 Å². The molecular formula is C17H27ClN2O3S. The number of halogens is 1. The lowest BCUT2D eigenvalue weighted by Crippen LogP contribution is -2.76. The second kappa shape index (κ2) is 7.30. The highest BCUT2D eigenvalue weighted by molar-refractivity contribution is 7.10. The number of carbonyl (C=O) groups is 1. The van der Waals surface area contributed by atoms with Crippen molar-refractivity contribution in [2.45, 2.75) is 44.9 Å². The largest absolute Gasteiger partial charge is 0.378 e. The molecule has 0 spiro atoms. The third-order valence-corrected chi connectivity index (χ3v) is 6.39. The topological polar surface area (TPSA) is 64.8 Å². The van der Waals surface area contributed by atoms with Gasteiger partial charge in [0, 0.05) is 29.9 Å². The number of amides is 1. The van der Waals surface area contributed by atoms with Crippen LogP contribution in [0.3, 0.4) is 0 Å². The maximum Gasteiger partial charge on any atom is 0.243 e. The van der Waals surface area contributed by atoms with Crippen LogP contribution in [-0.4, -0.2) is 48.8 Å². The summed E-state index contributed by atoms with van der Waals surface area (Å²) in [5, 5.41) is 2.03. The van der Waals surface area contributed by atoms with Crippen LogP contribution in [-0.2, 0) is 14.3 Å². The number of carbonyl (C=O) groups excluding carboxylic acids is 1. The van der Waals surface area contributed by atoms with Gasteiger partial charge in [-0.05, 0) is 18.4 Å². The van der Waals surface area contributed by atoms with Crippen molar-refractivity contribution >= 4 is 29.7 Å². The van der Waals surface area contributed by atoms with E-state index in [0.717, 1.165) is 4.88 Å². The van der Waals surface area contributed by atoms with Gasteiger partial charge < -0.3 is 20.1 Å². The predicted octanol–water partition coefficient (Wildman–Crippen LogP) is 2.60. The van der Waals surface area contributed by atoms with E-state index in [1.165, 1.54) is 0 Å². The van der Waals surface area contributed by atoms with Crippen molar-refractivity contribution in [1.82, 2.24) is 4.90 Å². The van der Waals surface area contributed by atoms with Crippen molar-refractivity contribution < 1.29 is 14.3 Å². The standard InChI is InChI=1S/C17H26N2O3S.ClH/c1-4-21-14-10-17(18,16(14,2)3)15(20)19-7-8-22-12(11-19)13-6-5-9-23-13;/h5-6,9,12,14H,4,7-8,10-11,18H2,1-3H3;1H. The van der Waals surface area contributed by atoms with E-state index < -0.39 is 5.54 Å². The van der Waals surface area contributed by atoms with Gasteiger partial charge in [0.25, 0.3) is 0 Å². The molecule has 1 aromatic rings. The highest BCUT2D eigenvalue weighted by atomic mass is 35.5. The van der Waals surface area contributed by atoms with Crippen molar-refractivity contribution in [3.8, 4) is 0 Å². The van der Waals surface area contributed by atoms with Crippen molar-refractivity contribution in [3.63, 3.8) is 0 Å². The van der Waals surface area contributed by atoms with E-state index >= 15 is 0 Å². The molecule has 2 fully saturated rings. The van der Waals surface area contributed by atoms with Crippen LogP contribution < -0.4 is 5.73 Å². The molecule has 1 saturated heterocycles. The first-order chi connectivity index (χ1) is 10.9. The Morgan fingerprint density at radius 1 is 1.54 bits per heavy atom. The van der Waals surface area contributed by atoms with E-state index in [0.29, 0.717) is 32.7 Å². The zero-order valence-electron chi connectivity index (χ0n) is 14.5. The highest BCUT2D eigenvalue weighted by Gasteiger charge is 2.63. The lowest BCUT2D eigenvalue weighted by molar-refractivity contribution is -0.184. The summed E-state index contributed by atoms with van der Waals surface area (Å²) in [6, 6.07) is 4.07. The van der Waals surface area contributed by atoms with Crippen LogP contribution in [0.4, 0.5) is 0 Å². The van der Waals surface area contributed by atoms with Gasteiger partial charge in [-0.3, -0.25) is 4.79 Å².